The van der Waals surface area contributed by atoms with Crippen LogP contribution in [0.2, 0.25) is 0 Å². The quantitative estimate of drug-likeness (QED) is 0.736. The molecule has 1 aliphatic rings. The van der Waals surface area contributed by atoms with Gasteiger partial charge < -0.3 is 4.42 Å². The standard InChI is InChI=1S/C13H11NO2/c15-7-9-1-3-10(4-2-9)12-8-16-13(14-12)11-5-6-11/h1-4,7-8,11H,5-6H2. The largest absolute Gasteiger partial charge is 0.448 e. The minimum absolute atomic E-state index is 0.531. The van der Waals surface area contributed by atoms with Gasteiger partial charge in [-0.15, -0.1) is 0 Å². The molecule has 0 atom stereocenters. The van der Waals surface area contributed by atoms with Gasteiger partial charge in [0.1, 0.15) is 18.2 Å². The van der Waals surface area contributed by atoms with Crippen molar-refractivity contribution in [3.8, 4) is 11.3 Å². The Bertz CT molecular complexity index is 509. The van der Waals surface area contributed by atoms with E-state index in [-0.39, 0.29) is 0 Å². The van der Waals surface area contributed by atoms with Gasteiger partial charge in [-0.25, -0.2) is 4.98 Å². The van der Waals surface area contributed by atoms with Crippen LogP contribution in [0.3, 0.4) is 0 Å². The predicted molar refractivity (Wildman–Crippen MR) is 59.3 cm³/mol. The van der Waals surface area contributed by atoms with E-state index in [2.05, 4.69) is 4.98 Å². The molecule has 0 aliphatic heterocycles. The van der Waals surface area contributed by atoms with Crippen LogP contribution in [0.5, 0.6) is 0 Å². The highest BCUT2D eigenvalue weighted by Crippen LogP contribution is 2.40. The van der Waals surface area contributed by atoms with E-state index in [1.165, 1.54) is 12.8 Å². The molecule has 0 amide bonds. The van der Waals surface area contributed by atoms with Crippen molar-refractivity contribution in [3.63, 3.8) is 0 Å². The van der Waals surface area contributed by atoms with Gasteiger partial charge in [-0.05, 0) is 12.8 Å². The van der Waals surface area contributed by atoms with Crippen molar-refractivity contribution in [2.24, 2.45) is 0 Å². The van der Waals surface area contributed by atoms with Crippen LogP contribution in [0, 0.1) is 0 Å². The molecule has 1 aromatic heterocycles. The zero-order valence-corrected chi connectivity index (χ0v) is 8.72. The summed E-state index contributed by atoms with van der Waals surface area (Å²) >= 11 is 0. The monoisotopic (exact) mass is 213 g/mol. The first-order valence-electron chi connectivity index (χ1n) is 5.38. The van der Waals surface area contributed by atoms with E-state index in [0.717, 1.165) is 23.4 Å². The molecular weight excluding hydrogens is 202 g/mol. The molecule has 0 spiro atoms. The van der Waals surface area contributed by atoms with Gasteiger partial charge in [-0.1, -0.05) is 24.3 Å². The minimum atomic E-state index is 0.531. The summed E-state index contributed by atoms with van der Waals surface area (Å²) in [6.07, 6.45) is 4.89. The molecule has 2 aromatic rings. The van der Waals surface area contributed by atoms with Crippen molar-refractivity contribution in [2.75, 3.05) is 0 Å². The number of nitrogens with zero attached hydrogens (tertiary/aromatic N) is 1. The molecule has 0 unspecified atom stereocenters. The first-order valence-corrected chi connectivity index (χ1v) is 5.38. The fourth-order valence-electron chi connectivity index (χ4n) is 1.67. The second-order valence-electron chi connectivity index (χ2n) is 4.09. The topological polar surface area (TPSA) is 43.1 Å². The van der Waals surface area contributed by atoms with Gasteiger partial charge in [0, 0.05) is 17.0 Å². The number of oxazole rings is 1. The molecule has 0 N–H and O–H groups in total. The Hall–Kier alpha value is -1.90. The SMILES string of the molecule is O=Cc1ccc(-c2coc(C3CC3)n2)cc1. The molecule has 1 saturated carbocycles. The van der Waals surface area contributed by atoms with Crippen LogP contribution in [0.15, 0.2) is 34.9 Å². The summed E-state index contributed by atoms with van der Waals surface area (Å²) in [5, 5.41) is 0. The highest BCUT2D eigenvalue weighted by atomic mass is 16.3. The van der Waals surface area contributed by atoms with Gasteiger partial charge in [0.2, 0.25) is 0 Å². The molecule has 3 heteroatoms. The molecule has 1 aliphatic carbocycles. The number of aldehydes is 1. The maximum absolute atomic E-state index is 10.5. The smallest absolute Gasteiger partial charge is 0.197 e. The van der Waals surface area contributed by atoms with Gasteiger partial charge >= 0.3 is 0 Å². The van der Waals surface area contributed by atoms with Gasteiger partial charge in [-0.2, -0.15) is 0 Å². The molecule has 3 nitrogen and oxygen atoms in total. The molecule has 1 aromatic carbocycles. The maximum Gasteiger partial charge on any atom is 0.197 e. The number of benzene rings is 1. The number of hydrogen-bond acceptors (Lipinski definition) is 3. The lowest BCUT2D eigenvalue weighted by Crippen LogP contribution is -1.82. The van der Waals surface area contributed by atoms with E-state index >= 15 is 0 Å². The van der Waals surface area contributed by atoms with Crippen LogP contribution >= 0.6 is 0 Å². The second-order valence-corrected chi connectivity index (χ2v) is 4.09. The van der Waals surface area contributed by atoms with E-state index in [1.54, 1.807) is 18.4 Å². The van der Waals surface area contributed by atoms with Crippen LogP contribution in [-0.4, -0.2) is 11.3 Å². The predicted octanol–water partition coefficient (Wildman–Crippen LogP) is 3.03. The van der Waals surface area contributed by atoms with Crippen LogP contribution in [0.1, 0.15) is 35.0 Å². The average Bonchev–Trinajstić information content (AvgIpc) is 3.08. The summed E-state index contributed by atoms with van der Waals surface area (Å²) in [6.45, 7) is 0. The lowest BCUT2D eigenvalue weighted by atomic mass is 10.1. The highest BCUT2D eigenvalue weighted by molar-refractivity contribution is 5.76. The van der Waals surface area contributed by atoms with Crippen LogP contribution in [-0.2, 0) is 0 Å². The lowest BCUT2D eigenvalue weighted by Gasteiger charge is -1.95. The van der Waals surface area contributed by atoms with Crippen LogP contribution in [0.4, 0.5) is 0 Å². The van der Waals surface area contributed by atoms with E-state index in [9.17, 15) is 4.79 Å². The number of hydrogen-bond donors (Lipinski definition) is 0. The number of carbonyl (C=O) groups excluding carboxylic acids is 1. The molecule has 3 rings (SSSR count). The Morgan fingerprint density at radius 2 is 2.00 bits per heavy atom. The Morgan fingerprint density at radius 3 is 2.62 bits per heavy atom. The van der Waals surface area contributed by atoms with Crippen molar-refractivity contribution in [1.82, 2.24) is 4.98 Å². The van der Waals surface area contributed by atoms with Crippen molar-refractivity contribution in [2.45, 2.75) is 18.8 Å². The van der Waals surface area contributed by atoms with Crippen LogP contribution < -0.4 is 0 Å². The number of aromatic nitrogens is 1. The minimum Gasteiger partial charge on any atom is -0.448 e. The molecule has 0 radical (unpaired) electrons. The Balaban J connectivity index is 1.91. The zero-order valence-electron chi connectivity index (χ0n) is 8.72. The number of rotatable bonds is 3. The number of carbonyl (C=O) groups is 1. The van der Waals surface area contributed by atoms with E-state index in [1.807, 2.05) is 12.1 Å². The molecule has 1 heterocycles. The first kappa shape index (κ1) is 9.33. The molecule has 1 fully saturated rings. The summed E-state index contributed by atoms with van der Waals surface area (Å²) in [5.41, 5.74) is 2.51. The Morgan fingerprint density at radius 1 is 1.25 bits per heavy atom. The van der Waals surface area contributed by atoms with Gasteiger partial charge in [0.05, 0.1) is 0 Å². The normalized spacial score (nSPS) is 15.0. The van der Waals surface area contributed by atoms with E-state index in [4.69, 9.17) is 4.42 Å². The van der Waals surface area contributed by atoms with Gasteiger partial charge in [0.25, 0.3) is 0 Å². The van der Waals surface area contributed by atoms with E-state index < -0.39 is 0 Å². The molecular formula is C13H11NO2. The third-order valence-electron chi connectivity index (χ3n) is 2.79. The first-order chi connectivity index (χ1) is 7.86. The highest BCUT2D eigenvalue weighted by Gasteiger charge is 2.28. The van der Waals surface area contributed by atoms with E-state index in [0.29, 0.717) is 11.5 Å². The molecule has 0 bridgehead atoms. The lowest BCUT2D eigenvalue weighted by molar-refractivity contribution is 0.112. The maximum atomic E-state index is 10.5. The van der Waals surface area contributed by atoms with Crippen molar-refractivity contribution in [3.05, 3.63) is 42.0 Å². The third kappa shape index (κ3) is 1.65. The van der Waals surface area contributed by atoms with Crippen molar-refractivity contribution in [1.29, 1.82) is 0 Å². The molecule has 16 heavy (non-hydrogen) atoms. The van der Waals surface area contributed by atoms with Crippen molar-refractivity contribution >= 4 is 6.29 Å². The Kier molecular flexibility index (Phi) is 2.10. The zero-order chi connectivity index (χ0) is 11.0. The van der Waals surface area contributed by atoms with Gasteiger partial charge in [-0.3, -0.25) is 4.79 Å². The second kappa shape index (κ2) is 3.59. The third-order valence-corrected chi connectivity index (χ3v) is 2.79. The summed E-state index contributed by atoms with van der Waals surface area (Å²) in [6, 6.07) is 7.35. The summed E-state index contributed by atoms with van der Waals surface area (Å²) in [4.78, 5) is 15.0. The Labute approximate surface area is 93.1 Å². The molecule has 0 saturated heterocycles. The van der Waals surface area contributed by atoms with Crippen molar-refractivity contribution < 1.29 is 9.21 Å². The summed E-state index contributed by atoms with van der Waals surface area (Å²) in [7, 11) is 0. The summed E-state index contributed by atoms with van der Waals surface area (Å²) in [5.74, 6) is 1.37. The fraction of sp³-hybridized carbons (Fsp3) is 0.231. The summed E-state index contributed by atoms with van der Waals surface area (Å²) < 4.78 is 5.42. The van der Waals surface area contributed by atoms with Gasteiger partial charge in [0.15, 0.2) is 5.89 Å². The average molecular weight is 213 g/mol. The van der Waals surface area contributed by atoms with Crippen LogP contribution in [0.25, 0.3) is 11.3 Å². The molecule has 80 valence electrons. The fourth-order valence-corrected chi connectivity index (χ4v) is 1.67.